The SMILES string of the molecule is FCC[C@@H](c1cc2ccccc2c2ccccc12)N1CCNCC1. The largest absolute Gasteiger partial charge is 0.314 e. The molecule has 0 radical (unpaired) electrons. The molecule has 4 rings (SSSR count). The molecule has 0 saturated carbocycles. The van der Waals surface area contributed by atoms with Gasteiger partial charge in [-0.2, -0.15) is 0 Å². The zero-order valence-corrected chi connectivity index (χ0v) is 13.8. The minimum Gasteiger partial charge on any atom is -0.314 e. The molecule has 3 aromatic carbocycles. The smallest absolute Gasteiger partial charge is 0.0912 e. The lowest BCUT2D eigenvalue weighted by atomic mass is 9.91. The Kier molecular flexibility index (Phi) is 4.46. The predicted octanol–water partition coefficient (Wildman–Crippen LogP) is 4.30. The first kappa shape index (κ1) is 15.6. The third kappa shape index (κ3) is 2.79. The van der Waals surface area contributed by atoms with Crippen molar-refractivity contribution in [3.05, 3.63) is 60.2 Å². The molecule has 1 atom stereocenters. The Balaban J connectivity index is 1.91. The van der Waals surface area contributed by atoms with E-state index >= 15 is 0 Å². The average molecular weight is 322 g/mol. The molecule has 1 saturated heterocycles. The van der Waals surface area contributed by atoms with E-state index in [2.05, 4.69) is 64.8 Å². The summed E-state index contributed by atoms with van der Waals surface area (Å²) in [6, 6.07) is 19.5. The highest BCUT2D eigenvalue weighted by Gasteiger charge is 2.24. The van der Waals surface area contributed by atoms with Crippen LogP contribution in [0.2, 0.25) is 0 Å². The highest BCUT2D eigenvalue weighted by molar-refractivity contribution is 6.09. The summed E-state index contributed by atoms with van der Waals surface area (Å²) in [5.41, 5.74) is 1.27. The van der Waals surface area contributed by atoms with E-state index in [1.165, 1.54) is 27.1 Å². The molecule has 3 aromatic rings. The van der Waals surface area contributed by atoms with Crippen LogP contribution in [0.4, 0.5) is 4.39 Å². The van der Waals surface area contributed by atoms with Crippen molar-refractivity contribution in [2.45, 2.75) is 12.5 Å². The normalized spacial score (nSPS) is 17.4. The van der Waals surface area contributed by atoms with Crippen LogP contribution in [0.25, 0.3) is 21.5 Å². The van der Waals surface area contributed by atoms with Crippen LogP contribution in [0.3, 0.4) is 0 Å². The molecule has 0 amide bonds. The summed E-state index contributed by atoms with van der Waals surface area (Å²) in [6.07, 6.45) is 0.558. The maximum Gasteiger partial charge on any atom is 0.0912 e. The van der Waals surface area contributed by atoms with Crippen molar-refractivity contribution in [2.75, 3.05) is 32.9 Å². The molecule has 1 heterocycles. The van der Waals surface area contributed by atoms with Crippen LogP contribution in [0.5, 0.6) is 0 Å². The number of hydrogen-bond donors (Lipinski definition) is 1. The van der Waals surface area contributed by atoms with Gasteiger partial charge in [0.1, 0.15) is 0 Å². The molecule has 1 fully saturated rings. The fourth-order valence-electron chi connectivity index (χ4n) is 3.99. The molecule has 0 bridgehead atoms. The van der Waals surface area contributed by atoms with Crippen molar-refractivity contribution in [1.82, 2.24) is 10.2 Å². The van der Waals surface area contributed by atoms with Gasteiger partial charge in [0.2, 0.25) is 0 Å². The van der Waals surface area contributed by atoms with Crippen LogP contribution in [0.1, 0.15) is 18.0 Å². The molecular weight excluding hydrogens is 299 g/mol. The van der Waals surface area contributed by atoms with Gasteiger partial charge < -0.3 is 5.32 Å². The standard InChI is InChI=1S/C21H23FN2/c22-10-9-21(24-13-11-23-12-14-24)20-15-16-5-1-2-6-17(16)18-7-3-4-8-19(18)20/h1-8,15,21,23H,9-14H2/t21-/m0/s1. The van der Waals surface area contributed by atoms with Gasteiger partial charge in [-0.1, -0.05) is 48.5 Å². The van der Waals surface area contributed by atoms with Crippen molar-refractivity contribution >= 4 is 21.5 Å². The third-order valence-electron chi connectivity index (χ3n) is 5.13. The number of nitrogens with zero attached hydrogens (tertiary/aromatic N) is 1. The molecule has 124 valence electrons. The van der Waals surface area contributed by atoms with Gasteiger partial charge in [0, 0.05) is 32.2 Å². The van der Waals surface area contributed by atoms with Crippen LogP contribution < -0.4 is 5.32 Å². The van der Waals surface area contributed by atoms with E-state index in [1.807, 2.05) is 0 Å². The Morgan fingerprint density at radius 3 is 2.33 bits per heavy atom. The van der Waals surface area contributed by atoms with Gasteiger partial charge >= 0.3 is 0 Å². The molecule has 24 heavy (non-hydrogen) atoms. The predicted molar refractivity (Wildman–Crippen MR) is 99.2 cm³/mol. The molecule has 0 aromatic heterocycles. The minimum absolute atomic E-state index is 0.145. The molecular formula is C21H23FN2. The Labute approximate surface area is 142 Å². The van der Waals surface area contributed by atoms with E-state index < -0.39 is 0 Å². The Morgan fingerprint density at radius 2 is 1.58 bits per heavy atom. The number of fused-ring (bicyclic) bond motifs is 3. The Bertz CT molecular complexity index is 839. The molecule has 0 spiro atoms. The summed E-state index contributed by atoms with van der Waals surface area (Å²) in [4.78, 5) is 2.44. The fraction of sp³-hybridized carbons (Fsp3) is 0.333. The fourth-order valence-corrected chi connectivity index (χ4v) is 3.99. The molecule has 0 unspecified atom stereocenters. The van der Waals surface area contributed by atoms with Crippen molar-refractivity contribution in [2.24, 2.45) is 0 Å². The maximum absolute atomic E-state index is 13.4. The number of benzene rings is 3. The second kappa shape index (κ2) is 6.88. The van der Waals surface area contributed by atoms with Crippen molar-refractivity contribution in [3.63, 3.8) is 0 Å². The maximum atomic E-state index is 13.4. The van der Waals surface area contributed by atoms with E-state index in [9.17, 15) is 4.39 Å². The zero-order chi connectivity index (χ0) is 16.4. The summed E-state index contributed by atoms with van der Waals surface area (Å²) in [7, 11) is 0. The summed E-state index contributed by atoms with van der Waals surface area (Å²) in [5.74, 6) is 0. The number of alkyl halides is 1. The molecule has 2 nitrogen and oxygen atoms in total. The lowest BCUT2D eigenvalue weighted by Gasteiger charge is -2.35. The quantitative estimate of drug-likeness (QED) is 0.721. The lowest BCUT2D eigenvalue weighted by Crippen LogP contribution is -2.45. The van der Waals surface area contributed by atoms with E-state index in [0.717, 1.165) is 26.2 Å². The number of rotatable bonds is 4. The molecule has 0 aliphatic carbocycles. The molecule has 1 aliphatic heterocycles. The monoisotopic (exact) mass is 322 g/mol. The first-order chi connectivity index (χ1) is 11.9. The van der Waals surface area contributed by atoms with Gasteiger partial charge in [0.05, 0.1) is 6.67 Å². The van der Waals surface area contributed by atoms with Gasteiger partial charge in [0.25, 0.3) is 0 Å². The topological polar surface area (TPSA) is 15.3 Å². The van der Waals surface area contributed by atoms with Gasteiger partial charge in [-0.3, -0.25) is 9.29 Å². The summed E-state index contributed by atoms with van der Waals surface area (Å²) in [6.45, 7) is 3.63. The Hall–Kier alpha value is -1.97. The summed E-state index contributed by atoms with van der Waals surface area (Å²) >= 11 is 0. The Morgan fingerprint density at radius 1 is 0.917 bits per heavy atom. The summed E-state index contributed by atoms with van der Waals surface area (Å²) in [5, 5.41) is 8.44. The van der Waals surface area contributed by atoms with Crippen LogP contribution in [-0.2, 0) is 0 Å². The van der Waals surface area contributed by atoms with Crippen molar-refractivity contribution < 1.29 is 4.39 Å². The van der Waals surface area contributed by atoms with Crippen molar-refractivity contribution in [1.29, 1.82) is 0 Å². The lowest BCUT2D eigenvalue weighted by molar-refractivity contribution is 0.158. The first-order valence-corrected chi connectivity index (χ1v) is 8.79. The van der Waals surface area contributed by atoms with Crippen LogP contribution in [0, 0.1) is 0 Å². The van der Waals surface area contributed by atoms with Crippen LogP contribution >= 0.6 is 0 Å². The third-order valence-corrected chi connectivity index (χ3v) is 5.13. The molecule has 1 aliphatic rings. The molecule has 1 N–H and O–H groups in total. The number of hydrogen-bond acceptors (Lipinski definition) is 2. The van der Waals surface area contributed by atoms with E-state index in [1.54, 1.807) is 0 Å². The second-order valence-electron chi connectivity index (χ2n) is 6.51. The van der Waals surface area contributed by atoms with Gasteiger partial charge in [-0.15, -0.1) is 0 Å². The zero-order valence-electron chi connectivity index (χ0n) is 13.8. The average Bonchev–Trinajstić information content (AvgIpc) is 2.66. The minimum atomic E-state index is -0.282. The van der Waals surface area contributed by atoms with Gasteiger partial charge in [0.15, 0.2) is 0 Å². The highest BCUT2D eigenvalue weighted by Crippen LogP contribution is 2.35. The van der Waals surface area contributed by atoms with E-state index in [0.29, 0.717) is 6.42 Å². The first-order valence-electron chi connectivity index (χ1n) is 8.79. The van der Waals surface area contributed by atoms with E-state index in [4.69, 9.17) is 0 Å². The van der Waals surface area contributed by atoms with Crippen LogP contribution in [0.15, 0.2) is 54.6 Å². The van der Waals surface area contributed by atoms with Crippen LogP contribution in [-0.4, -0.2) is 37.8 Å². The number of halogens is 1. The summed E-state index contributed by atoms with van der Waals surface area (Å²) < 4.78 is 13.4. The van der Waals surface area contributed by atoms with Crippen molar-refractivity contribution in [3.8, 4) is 0 Å². The van der Waals surface area contributed by atoms with E-state index in [-0.39, 0.29) is 12.7 Å². The van der Waals surface area contributed by atoms with Gasteiger partial charge in [-0.25, -0.2) is 0 Å². The number of piperazine rings is 1. The highest BCUT2D eigenvalue weighted by atomic mass is 19.1. The second-order valence-corrected chi connectivity index (χ2v) is 6.51. The number of nitrogens with one attached hydrogen (secondary N) is 1. The van der Waals surface area contributed by atoms with Gasteiger partial charge in [-0.05, 0) is 39.6 Å². The molecule has 3 heteroatoms.